The van der Waals surface area contributed by atoms with E-state index in [1.807, 2.05) is 0 Å². The van der Waals surface area contributed by atoms with Gasteiger partial charge >= 0.3 is 5.97 Å². The molecule has 1 aromatic heterocycles. The molecule has 0 aromatic carbocycles. The third-order valence-electron chi connectivity index (χ3n) is 6.49. The molecule has 2 fully saturated rings. The molecule has 2 N–H and O–H groups in total. The largest absolute Gasteiger partial charge is 0.465 e. The second kappa shape index (κ2) is 11.5. The Morgan fingerprint density at radius 2 is 1.81 bits per heavy atom. The highest BCUT2D eigenvalue weighted by molar-refractivity contribution is 6.00. The van der Waals surface area contributed by atoms with Gasteiger partial charge in [0.05, 0.1) is 25.9 Å². The fourth-order valence-corrected chi connectivity index (χ4v) is 4.56. The number of carbonyl (C=O) groups excluding carboxylic acids is 3. The van der Waals surface area contributed by atoms with Crippen molar-refractivity contribution in [3.63, 3.8) is 0 Å². The summed E-state index contributed by atoms with van der Waals surface area (Å²) in [5, 5.41) is 3.04. The number of carbonyl (C=O) groups is 3. The molecule has 1 aromatic rings. The Labute approximate surface area is 189 Å². The normalized spacial score (nSPS) is 17.9. The van der Waals surface area contributed by atoms with Crippen LogP contribution in [0.3, 0.4) is 0 Å². The van der Waals surface area contributed by atoms with Crippen LogP contribution in [0, 0.1) is 19.8 Å². The number of likely N-dealkylation sites (tertiary alicyclic amines) is 1. The maximum Gasteiger partial charge on any atom is 0.339 e. The fraction of sp³-hybridized carbons (Fsp3) is 0.696. The summed E-state index contributed by atoms with van der Waals surface area (Å²) in [5.74, 6) is -0.164. The molecule has 3 heterocycles. The monoisotopic (exact) mass is 448 g/mol. The minimum absolute atomic E-state index is 0.0929. The van der Waals surface area contributed by atoms with Crippen LogP contribution in [0.15, 0.2) is 0 Å². The van der Waals surface area contributed by atoms with E-state index in [4.69, 9.17) is 9.47 Å². The Bertz CT molecular complexity index is 808. The molecule has 0 unspecified atom stereocenters. The van der Waals surface area contributed by atoms with Gasteiger partial charge in [-0.3, -0.25) is 14.5 Å². The number of piperidine rings is 1. The quantitative estimate of drug-likeness (QED) is 0.461. The van der Waals surface area contributed by atoms with Gasteiger partial charge in [0.25, 0.3) is 5.91 Å². The lowest BCUT2D eigenvalue weighted by atomic mass is 9.93. The van der Waals surface area contributed by atoms with E-state index in [1.54, 1.807) is 18.7 Å². The zero-order chi connectivity index (χ0) is 23.1. The van der Waals surface area contributed by atoms with Crippen molar-refractivity contribution in [2.45, 2.75) is 39.5 Å². The van der Waals surface area contributed by atoms with Gasteiger partial charge in [-0.2, -0.15) is 0 Å². The van der Waals surface area contributed by atoms with Crippen LogP contribution in [0.25, 0.3) is 0 Å². The van der Waals surface area contributed by atoms with Gasteiger partial charge in [0.1, 0.15) is 5.69 Å². The van der Waals surface area contributed by atoms with Gasteiger partial charge in [0, 0.05) is 44.8 Å². The van der Waals surface area contributed by atoms with Crippen LogP contribution in [0.1, 0.15) is 57.8 Å². The molecule has 9 heteroatoms. The molecular formula is C23H36N4O5. The zero-order valence-electron chi connectivity index (χ0n) is 19.5. The van der Waals surface area contributed by atoms with E-state index in [2.05, 4.69) is 15.2 Å². The van der Waals surface area contributed by atoms with Gasteiger partial charge in [0.15, 0.2) is 0 Å². The molecule has 2 saturated heterocycles. The van der Waals surface area contributed by atoms with Crippen LogP contribution in [-0.4, -0.2) is 92.2 Å². The summed E-state index contributed by atoms with van der Waals surface area (Å²) in [5.41, 5.74) is 2.13. The molecule has 0 bridgehead atoms. The Balaban J connectivity index is 1.39. The highest BCUT2D eigenvalue weighted by Gasteiger charge is 2.29. The average molecular weight is 449 g/mol. The first-order valence-corrected chi connectivity index (χ1v) is 11.5. The number of esters is 1. The highest BCUT2D eigenvalue weighted by Crippen LogP contribution is 2.25. The predicted octanol–water partition coefficient (Wildman–Crippen LogP) is 1.50. The number of aromatic nitrogens is 1. The first-order chi connectivity index (χ1) is 15.4. The van der Waals surface area contributed by atoms with Gasteiger partial charge in [-0.15, -0.1) is 0 Å². The summed E-state index contributed by atoms with van der Waals surface area (Å²) in [4.78, 5) is 44.5. The Kier molecular flexibility index (Phi) is 8.69. The van der Waals surface area contributed by atoms with Crippen molar-refractivity contribution in [1.82, 2.24) is 20.1 Å². The smallest absolute Gasteiger partial charge is 0.339 e. The van der Waals surface area contributed by atoms with E-state index >= 15 is 0 Å². The maximum atomic E-state index is 13.0. The molecule has 0 atom stereocenters. The van der Waals surface area contributed by atoms with E-state index in [1.165, 1.54) is 7.11 Å². The number of nitrogens with zero attached hydrogens (tertiary/aromatic N) is 2. The van der Waals surface area contributed by atoms with E-state index in [0.717, 1.165) is 52.1 Å². The first-order valence-electron chi connectivity index (χ1n) is 11.5. The lowest BCUT2D eigenvalue weighted by Crippen LogP contribution is -2.40. The highest BCUT2D eigenvalue weighted by atomic mass is 16.5. The topological polar surface area (TPSA) is 104 Å². The summed E-state index contributed by atoms with van der Waals surface area (Å²) in [6.07, 6.45) is 3.05. The molecule has 32 heavy (non-hydrogen) atoms. The first kappa shape index (κ1) is 24.3. The molecule has 0 aliphatic carbocycles. The van der Waals surface area contributed by atoms with E-state index in [0.29, 0.717) is 48.6 Å². The number of methoxy groups -OCH3 is 1. The summed E-state index contributed by atoms with van der Waals surface area (Å²) in [7, 11) is 1.33. The van der Waals surface area contributed by atoms with Crippen molar-refractivity contribution in [3.05, 3.63) is 22.5 Å². The predicted molar refractivity (Wildman–Crippen MR) is 120 cm³/mol. The lowest BCUT2D eigenvalue weighted by Gasteiger charge is -2.31. The summed E-state index contributed by atoms with van der Waals surface area (Å²) in [6, 6.07) is 0. The summed E-state index contributed by atoms with van der Waals surface area (Å²) < 4.78 is 10.2. The van der Waals surface area contributed by atoms with E-state index < -0.39 is 5.97 Å². The molecule has 0 radical (unpaired) electrons. The number of H-pyrrole nitrogens is 1. The Hall–Kier alpha value is -2.39. The molecular weight excluding hydrogens is 412 g/mol. The van der Waals surface area contributed by atoms with Gasteiger partial charge in [-0.25, -0.2) is 4.79 Å². The van der Waals surface area contributed by atoms with Crippen molar-refractivity contribution in [2.75, 3.05) is 59.6 Å². The average Bonchev–Trinajstić information content (AvgIpc) is 3.10. The van der Waals surface area contributed by atoms with Gasteiger partial charge in [-0.05, 0) is 51.1 Å². The van der Waals surface area contributed by atoms with Crippen molar-refractivity contribution in [1.29, 1.82) is 0 Å². The van der Waals surface area contributed by atoms with Crippen molar-refractivity contribution < 1.29 is 23.9 Å². The van der Waals surface area contributed by atoms with Crippen molar-refractivity contribution in [2.24, 2.45) is 5.92 Å². The summed E-state index contributed by atoms with van der Waals surface area (Å²) in [6.45, 7) is 9.96. The number of morpholine rings is 1. The minimum Gasteiger partial charge on any atom is -0.465 e. The lowest BCUT2D eigenvalue weighted by molar-refractivity contribution is -0.122. The van der Waals surface area contributed by atoms with Crippen molar-refractivity contribution >= 4 is 17.8 Å². The maximum absolute atomic E-state index is 13.0. The van der Waals surface area contributed by atoms with Crippen LogP contribution in [0.2, 0.25) is 0 Å². The van der Waals surface area contributed by atoms with Crippen LogP contribution >= 0.6 is 0 Å². The van der Waals surface area contributed by atoms with E-state index in [-0.39, 0.29) is 17.7 Å². The number of hydrogen-bond acceptors (Lipinski definition) is 6. The van der Waals surface area contributed by atoms with E-state index in [9.17, 15) is 14.4 Å². The summed E-state index contributed by atoms with van der Waals surface area (Å²) >= 11 is 0. The number of amides is 2. The number of aromatic amines is 1. The number of hydrogen-bond donors (Lipinski definition) is 2. The second-order valence-corrected chi connectivity index (χ2v) is 8.71. The number of nitrogens with one attached hydrogen (secondary N) is 2. The number of rotatable bonds is 8. The molecule has 178 valence electrons. The molecule has 9 nitrogen and oxygen atoms in total. The fourth-order valence-electron chi connectivity index (χ4n) is 4.56. The molecule has 2 amide bonds. The molecule has 2 aliphatic heterocycles. The minimum atomic E-state index is -0.440. The Morgan fingerprint density at radius 1 is 1.12 bits per heavy atom. The third-order valence-corrected chi connectivity index (χ3v) is 6.49. The standard InChI is InChI=1S/C23H36N4O5/c1-16-20(23(30)31-3)17(2)25-21(16)22(29)27-9-5-18(6-10-27)15-19(28)24-7-4-8-26-11-13-32-14-12-26/h18,25H,4-15H2,1-3H3,(H,24,28). The Morgan fingerprint density at radius 3 is 2.47 bits per heavy atom. The van der Waals surface area contributed by atoms with Crippen LogP contribution < -0.4 is 5.32 Å². The van der Waals surface area contributed by atoms with Gasteiger partial charge < -0.3 is 24.7 Å². The van der Waals surface area contributed by atoms with Gasteiger partial charge in [0.2, 0.25) is 5.91 Å². The second-order valence-electron chi connectivity index (χ2n) is 8.71. The van der Waals surface area contributed by atoms with Crippen LogP contribution in [0.5, 0.6) is 0 Å². The number of ether oxygens (including phenoxy) is 2. The molecule has 2 aliphatic rings. The SMILES string of the molecule is COC(=O)c1c(C)[nH]c(C(=O)N2CCC(CC(=O)NCCCN3CCOCC3)CC2)c1C. The van der Waals surface area contributed by atoms with Crippen molar-refractivity contribution in [3.8, 4) is 0 Å². The number of aryl methyl sites for hydroxylation is 1. The third kappa shape index (κ3) is 6.10. The van der Waals surface area contributed by atoms with Crippen LogP contribution in [-0.2, 0) is 14.3 Å². The molecule has 0 spiro atoms. The zero-order valence-corrected chi connectivity index (χ0v) is 19.5. The van der Waals surface area contributed by atoms with Gasteiger partial charge in [-0.1, -0.05) is 0 Å². The molecule has 0 saturated carbocycles. The van der Waals surface area contributed by atoms with Crippen LogP contribution in [0.4, 0.5) is 0 Å². The molecule has 3 rings (SSSR count).